The highest BCUT2D eigenvalue weighted by atomic mass is 15.3. The third kappa shape index (κ3) is 3.81. The molecule has 0 atom stereocenters. The van der Waals surface area contributed by atoms with Gasteiger partial charge in [-0.2, -0.15) is 10.1 Å². The summed E-state index contributed by atoms with van der Waals surface area (Å²) >= 11 is 0. The topological polar surface area (TPSA) is 70.1 Å². The van der Waals surface area contributed by atoms with Gasteiger partial charge in [0.2, 0.25) is 5.95 Å². The van der Waals surface area contributed by atoms with E-state index < -0.39 is 0 Å². The number of aromatic nitrogens is 4. The van der Waals surface area contributed by atoms with Crippen molar-refractivity contribution in [2.24, 2.45) is 0 Å². The van der Waals surface area contributed by atoms with Gasteiger partial charge in [0.05, 0.1) is 6.20 Å². The van der Waals surface area contributed by atoms with Gasteiger partial charge in [-0.15, -0.1) is 5.10 Å². The summed E-state index contributed by atoms with van der Waals surface area (Å²) in [6, 6.07) is 12.2. The van der Waals surface area contributed by atoms with Crippen LogP contribution in [0, 0.1) is 13.8 Å². The van der Waals surface area contributed by atoms with E-state index in [9.17, 15) is 0 Å². The lowest BCUT2D eigenvalue weighted by atomic mass is 10.1. The minimum Gasteiger partial charge on any atom is -0.353 e. The molecule has 1 saturated heterocycles. The number of anilines is 4. The molecule has 3 aromatic rings. The van der Waals surface area contributed by atoms with Crippen LogP contribution in [0.1, 0.15) is 11.1 Å². The Morgan fingerprint density at radius 2 is 1.67 bits per heavy atom. The predicted molar refractivity (Wildman–Crippen MR) is 108 cm³/mol. The minimum atomic E-state index is 0.522. The van der Waals surface area contributed by atoms with Crippen LogP contribution in [0.15, 0.2) is 48.8 Å². The Kier molecular flexibility index (Phi) is 4.82. The maximum absolute atomic E-state index is 4.67. The average Bonchev–Trinajstić information content (AvgIpc) is 2.72. The molecule has 0 unspecified atom stereocenters. The lowest BCUT2D eigenvalue weighted by Gasteiger charge is -2.35. The van der Waals surface area contributed by atoms with Gasteiger partial charge in [0.25, 0.3) is 0 Å². The van der Waals surface area contributed by atoms with Crippen molar-refractivity contribution in [2.75, 3.05) is 41.3 Å². The summed E-state index contributed by atoms with van der Waals surface area (Å²) < 4.78 is 0. The summed E-state index contributed by atoms with van der Waals surface area (Å²) in [5.41, 5.74) is 3.43. The third-order valence-electron chi connectivity index (χ3n) is 4.97. The summed E-state index contributed by atoms with van der Waals surface area (Å²) in [6.45, 7) is 7.74. The van der Waals surface area contributed by atoms with Gasteiger partial charge >= 0.3 is 0 Å². The van der Waals surface area contributed by atoms with Gasteiger partial charge < -0.3 is 15.1 Å². The van der Waals surface area contributed by atoms with E-state index in [1.54, 1.807) is 6.20 Å². The van der Waals surface area contributed by atoms with E-state index in [4.69, 9.17) is 0 Å². The van der Waals surface area contributed by atoms with Crippen LogP contribution in [-0.4, -0.2) is 46.3 Å². The van der Waals surface area contributed by atoms with Crippen LogP contribution in [0.2, 0.25) is 0 Å². The molecule has 1 aromatic carbocycles. The highest BCUT2D eigenvalue weighted by molar-refractivity contribution is 5.60. The van der Waals surface area contributed by atoms with E-state index in [1.807, 2.05) is 36.5 Å². The second-order valence-electron chi connectivity index (χ2n) is 6.67. The second kappa shape index (κ2) is 7.57. The molecule has 1 fully saturated rings. The Labute approximate surface area is 159 Å². The van der Waals surface area contributed by atoms with Gasteiger partial charge in [-0.1, -0.05) is 18.2 Å². The molecule has 7 nitrogen and oxygen atoms in total. The van der Waals surface area contributed by atoms with E-state index in [0.717, 1.165) is 43.5 Å². The normalized spacial score (nSPS) is 14.3. The van der Waals surface area contributed by atoms with Crippen molar-refractivity contribution in [3.05, 3.63) is 59.9 Å². The first kappa shape index (κ1) is 17.2. The highest BCUT2D eigenvalue weighted by Crippen LogP contribution is 2.22. The van der Waals surface area contributed by atoms with Gasteiger partial charge in [0.15, 0.2) is 5.82 Å². The number of piperazine rings is 1. The van der Waals surface area contributed by atoms with Crippen LogP contribution in [0.3, 0.4) is 0 Å². The van der Waals surface area contributed by atoms with Gasteiger partial charge in [0.1, 0.15) is 5.82 Å². The number of hydrogen-bond donors (Lipinski definition) is 1. The molecule has 1 N–H and O–H groups in total. The minimum absolute atomic E-state index is 0.522. The van der Waals surface area contributed by atoms with Crippen molar-refractivity contribution in [2.45, 2.75) is 13.8 Å². The number of rotatable bonds is 4. The number of hydrogen-bond acceptors (Lipinski definition) is 7. The Bertz CT molecular complexity index is 905. The van der Waals surface area contributed by atoms with Crippen LogP contribution in [0.25, 0.3) is 0 Å². The van der Waals surface area contributed by atoms with Crippen molar-refractivity contribution < 1.29 is 0 Å². The molecule has 27 heavy (non-hydrogen) atoms. The van der Waals surface area contributed by atoms with Crippen molar-refractivity contribution in [1.29, 1.82) is 0 Å². The zero-order valence-corrected chi connectivity index (χ0v) is 15.6. The standard InChI is InChI=1S/C20H23N7/c1-15-6-5-7-17(16(15)2)23-20-24-19(14-22-25-20)27-12-10-26(11-13-27)18-8-3-4-9-21-18/h3-9,14H,10-13H2,1-2H3,(H,23,24,25). The molecule has 7 heteroatoms. The van der Waals surface area contributed by atoms with E-state index >= 15 is 0 Å². The highest BCUT2D eigenvalue weighted by Gasteiger charge is 2.19. The Hall–Kier alpha value is -3.22. The second-order valence-corrected chi connectivity index (χ2v) is 6.67. The third-order valence-corrected chi connectivity index (χ3v) is 4.97. The fraction of sp³-hybridized carbons (Fsp3) is 0.300. The van der Waals surface area contributed by atoms with E-state index in [1.165, 1.54) is 11.1 Å². The first-order valence-corrected chi connectivity index (χ1v) is 9.14. The lowest BCUT2D eigenvalue weighted by molar-refractivity contribution is 0.639. The van der Waals surface area contributed by atoms with Crippen LogP contribution in [0.4, 0.5) is 23.3 Å². The molecule has 0 radical (unpaired) electrons. The van der Waals surface area contributed by atoms with Gasteiger partial charge in [-0.3, -0.25) is 0 Å². The van der Waals surface area contributed by atoms with E-state index in [-0.39, 0.29) is 0 Å². The zero-order valence-electron chi connectivity index (χ0n) is 15.6. The monoisotopic (exact) mass is 361 g/mol. The molecule has 2 aromatic heterocycles. The van der Waals surface area contributed by atoms with Crippen LogP contribution < -0.4 is 15.1 Å². The summed E-state index contributed by atoms with van der Waals surface area (Å²) in [4.78, 5) is 13.6. The number of nitrogens with zero attached hydrogens (tertiary/aromatic N) is 6. The van der Waals surface area contributed by atoms with Crippen molar-refractivity contribution >= 4 is 23.3 Å². The lowest BCUT2D eigenvalue weighted by Crippen LogP contribution is -2.47. The van der Waals surface area contributed by atoms with Gasteiger partial charge in [0, 0.05) is 38.1 Å². The summed E-state index contributed by atoms with van der Waals surface area (Å²) in [5, 5.41) is 11.6. The molecule has 1 aliphatic rings. The molecule has 0 saturated carbocycles. The van der Waals surface area contributed by atoms with Crippen molar-refractivity contribution in [3.63, 3.8) is 0 Å². The summed E-state index contributed by atoms with van der Waals surface area (Å²) in [5.74, 6) is 2.39. The van der Waals surface area contributed by atoms with E-state index in [2.05, 4.69) is 55.2 Å². The van der Waals surface area contributed by atoms with Crippen molar-refractivity contribution in [1.82, 2.24) is 20.2 Å². The summed E-state index contributed by atoms with van der Waals surface area (Å²) in [6.07, 6.45) is 3.56. The number of benzene rings is 1. The van der Waals surface area contributed by atoms with Crippen LogP contribution in [-0.2, 0) is 0 Å². The Morgan fingerprint density at radius 3 is 2.41 bits per heavy atom. The molecule has 0 amide bonds. The molecule has 138 valence electrons. The molecule has 0 aliphatic carbocycles. The molecule has 0 bridgehead atoms. The maximum Gasteiger partial charge on any atom is 0.249 e. The average molecular weight is 361 g/mol. The number of aryl methyl sites for hydroxylation is 1. The van der Waals surface area contributed by atoms with Crippen LogP contribution >= 0.6 is 0 Å². The predicted octanol–water partition coefficient (Wildman–Crippen LogP) is 2.95. The van der Waals surface area contributed by atoms with Gasteiger partial charge in [-0.25, -0.2) is 4.98 Å². The quantitative estimate of drug-likeness (QED) is 0.766. The molecule has 3 heterocycles. The zero-order chi connectivity index (χ0) is 18.6. The van der Waals surface area contributed by atoms with Crippen LogP contribution in [0.5, 0.6) is 0 Å². The number of pyridine rings is 1. The van der Waals surface area contributed by atoms with Crippen molar-refractivity contribution in [3.8, 4) is 0 Å². The smallest absolute Gasteiger partial charge is 0.249 e. The SMILES string of the molecule is Cc1cccc(Nc2nncc(N3CCN(c4ccccn4)CC3)n2)c1C. The Morgan fingerprint density at radius 1 is 0.889 bits per heavy atom. The van der Waals surface area contributed by atoms with Gasteiger partial charge in [-0.05, 0) is 43.2 Å². The molecular formula is C20H23N7. The molecule has 1 aliphatic heterocycles. The van der Waals surface area contributed by atoms with E-state index in [0.29, 0.717) is 5.95 Å². The first-order chi connectivity index (χ1) is 13.2. The molecule has 0 spiro atoms. The number of nitrogens with one attached hydrogen (secondary N) is 1. The maximum atomic E-state index is 4.67. The fourth-order valence-electron chi connectivity index (χ4n) is 3.21. The molecule has 4 rings (SSSR count). The Balaban J connectivity index is 1.45. The molecular weight excluding hydrogens is 338 g/mol. The largest absolute Gasteiger partial charge is 0.353 e. The fourth-order valence-corrected chi connectivity index (χ4v) is 3.21. The first-order valence-electron chi connectivity index (χ1n) is 9.14. The summed E-state index contributed by atoms with van der Waals surface area (Å²) in [7, 11) is 0.